The molecule has 0 fully saturated rings. The third-order valence-electron chi connectivity index (χ3n) is 1.87. The number of nitro benzene ring substituents is 1. The van der Waals surface area contributed by atoms with Crippen molar-refractivity contribution in [2.45, 2.75) is 20.8 Å². The number of aryl methyl sites for hydroxylation is 1. The van der Waals surface area contributed by atoms with E-state index in [1.807, 2.05) is 0 Å². The van der Waals surface area contributed by atoms with Crippen molar-refractivity contribution in [1.82, 2.24) is 0 Å². The zero-order valence-electron chi connectivity index (χ0n) is 9.24. The molecule has 1 rings (SSSR count). The highest BCUT2D eigenvalue weighted by Gasteiger charge is 2.15. The molecule has 5 nitrogen and oxygen atoms in total. The van der Waals surface area contributed by atoms with E-state index >= 15 is 0 Å². The minimum Gasteiger partial charge on any atom is -0.272 e. The summed E-state index contributed by atoms with van der Waals surface area (Å²) >= 11 is 5.89. The fraction of sp³-hybridized carbons (Fsp3) is 0.300. The molecule has 0 bridgehead atoms. The van der Waals surface area contributed by atoms with Crippen LogP contribution < -0.4 is 5.43 Å². The molecule has 0 aromatic heterocycles. The van der Waals surface area contributed by atoms with Gasteiger partial charge in [-0.3, -0.25) is 15.5 Å². The van der Waals surface area contributed by atoms with Gasteiger partial charge in [0.25, 0.3) is 5.69 Å². The first-order valence-corrected chi connectivity index (χ1v) is 5.01. The second-order valence-electron chi connectivity index (χ2n) is 3.55. The van der Waals surface area contributed by atoms with Crippen LogP contribution in [0.2, 0.25) is 5.02 Å². The predicted molar refractivity (Wildman–Crippen MR) is 65.2 cm³/mol. The first-order valence-electron chi connectivity index (χ1n) is 4.63. The highest BCUT2D eigenvalue weighted by atomic mass is 35.5. The van der Waals surface area contributed by atoms with Crippen molar-refractivity contribution in [2.24, 2.45) is 5.10 Å². The van der Waals surface area contributed by atoms with Gasteiger partial charge in [-0.25, -0.2) is 0 Å². The van der Waals surface area contributed by atoms with Gasteiger partial charge in [0.2, 0.25) is 0 Å². The Kier molecular flexibility index (Phi) is 3.84. The Morgan fingerprint density at radius 2 is 2.12 bits per heavy atom. The Balaban J connectivity index is 3.20. The molecule has 16 heavy (non-hydrogen) atoms. The zero-order chi connectivity index (χ0) is 12.3. The summed E-state index contributed by atoms with van der Waals surface area (Å²) < 4.78 is 0. The van der Waals surface area contributed by atoms with Crippen molar-refractivity contribution in [1.29, 1.82) is 0 Å². The van der Waals surface area contributed by atoms with Crippen LogP contribution >= 0.6 is 11.6 Å². The van der Waals surface area contributed by atoms with Gasteiger partial charge in [0, 0.05) is 16.8 Å². The number of benzene rings is 1. The molecule has 0 saturated heterocycles. The third kappa shape index (κ3) is 2.93. The van der Waals surface area contributed by atoms with Crippen LogP contribution in [0.3, 0.4) is 0 Å². The van der Waals surface area contributed by atoms with E-state index in [0.717, 1.165) is 5.71 Å². The Hall–Kier alpha value is -1.62. The van der Waals surface area contributed by atoms with Crippen molar-refractivity contribution in [3.63, 3.8) is 0 Å². The lowest BCUT2D eigenvalue weighted by Crippen LogP contribution is -1.99. The van der Waals surface area contributed by atoms with E-state index < -0.39 is 4.92 Å². The zero-order valence-corrected chi connectivity index (χ0v) is 10.00. The molecular weight excluding hydrogens is 230 g/mol. The number of nitrogens with one attached hydrogen (secondary N) is 1. The molecule has 0 aliphatic heterocycles. The molecule has 1 N–H and O–H groups in total. The van der Waals surface area contributed by atoms with Crippen LogP contribution in [0.25, 0.3) is 0 Å². The van der Waals surface area contributed by atoms with Gasteiger partial charge in [-0.2, -0.15) is 5.10 Å². The number of rotatable bonds is 3. The SMILES string of the molecule is CC(C)=NNc1cc(Cl)c(C)cc1[N+](=O)[O-]. The van der Waals surface area contributed by atoms with E-state index in [9.17, 15) is 10.1 Å². The molecule has 0 amide bonds. The molecule has 0 atom stereocenters. The highest BCUT2D eigenvalue weighted by Crippen LogP contribution is 2.30. The van der Waals surface area contributed by atoms with Gasteiger partial charge in [0.1, 0.15) is 5.69 Å². The van der Waals surface area contributed by atoms with E-state index in [-0.39, 0.29) is 5.69 Å². The Labute approximate surface area is 98.3 Å². The quantitative estimate of drug-likeness (QED) is 0.501. The maximum absolute atomic E-state index is 10.8. The summed E-state index contributed by atoms with van der Waals surface area (Å²) in [4.78, 5) is 10.3. The summed E-state index contributed by atoms with van der Waals surface area (Å²) in [6.07, 6.45) is 0. The number of hydrogen-bond acceptors (Lipinski definition) is 4. The summed E-state index contributed by atoms with van der Waals surface area (Å²) in [6, 6.07) is 2.92. The number of anilines is 1. The first-order chi connectivity index (χ1) is 7.41. The average molecular weight is 242 g/mol. The standard InChI is InChI=1S/C10H12ClN3O2/c1-6(2)12-13-9-5-8(11)7(3)4-10(9)14(15)16/h4-5,13H,1-3H3. The second-order valence-corrected chi connectivity index (χ2v) is 3.95. The van der Waals surface area contributed by atoms with Gasteiger partial charge in [-0.05, 0) is 32.4 Å². The fourth-order valence-corrected chi connectivity index (χ4v) is 1.24. The number of nitro groups is 1. The predicted octanol–water partition coefficient (Wildman–Crippen LogP) is 3.36. The van der Waals surface area contributed by atoms with Crippen molar-refractivity contribution >= 4 is 28.7 Å². The normalized spacial score (nSPS) is 9.75. The molecule has 0 heterocycles. The lowest BCUT2D eigenvalue weighted by Gasteiger charge is -2.05. The van der Waals surface area contributed by atoms with Crippen LogP contribution in [0.15, 0.2) is 17.2 Å². The molecule has 1 aromatic rings. The largest absolute Gasteiger partial charge is 0.294 e. The van der Waals surface area contributed by atoms with Crippen molar-refractivity contribution in [3.8, 4) is 0 Å². The highest BCUT2D eigenvalue weighted by molar-refractivity contribution is 6.31. The van der Waals surface area contributed by atoms with Crippen LogP contribution in [0, 0.1) is 17.0 Å². The fourth-order valence-electron chi connectivity index (χ4n) is 1.08. The molecule has 0 aliphatic rings. The average Bonchev–Trinajstić information content (AvgIpc) is 2.18. The Morgan fingerprint density at radius 1 is 1.50 bits per heavy atom. The van der Waals surface area contributed by atoms with Crippen LogP contribution in [0.5, 0.6) is 0 Å². The minimum absolute atomic E-state index is 0.0353. The van der Waals surface area contributed by atoms with Crippen molar-refractivity contribution < 1.29 is 4.92 Å². The van der Waals surface area contributed by atoms with E-state index in [1.54, 1.807) is 20.8 Å². The van der Waals surface area contributed by atoms with Gasteiger partial charge in [0.05, 0.1) is 4.92 Å². The number of hydrogen-bond donors (Lipinski definition) is 1. The third-order valence-corrected chi connectivity index (χ3v) is 2.28. The summed E-state index contributed by atoms with van der Waals surface area (Å²) in [7, 11) is 0. The van der Waals surface area contributed by atoms with Gasteiger partial charge in [0.15, 0.2) is 0 Å². The van der Waals surface area contributed by atoms with Gasteiger partial charge < -0.3 is 0 Å². The van der Waals surface area contributed by atoms with E-state index in [2.05, 4.69) is 10.5 Å². The van der Waals surface area contributed by atoms with Crippen LogP contribution in [0.4, 0.5) is 11.4 Å². The number of hydrazone groups is 1. The van der Waals surface area contributed by atoms with Gasteiger partial charge >= 0.3 is 0 Å². The monoisotopic (exact) mass is 241 g/mol. The van der Waals surface area contributed by atoms with E-state index in [0.29, 0.717) is 16.3 Å². The maximum Gasteiger partial charge on any atom is 0.294 e. The van der Waals surface area contributed by atoms with Crippen molar-refractivity contribution in [2.75, 3.05) is 5.43 Å². The van der Waals surface area contributed by atoms with Gasteiger partial charge in [-0.1, -0.05) is 11.6 Å². The number of halogens is 1. The van der Waals surface area contributed by atoms with Gasteiger partial charge in [-0.15, -0.1) is 0 Å². The summed E-state index contributed by atoms with van der Waals surface area (Å²) in [5.74, 6) is 0. The molecule has 0 saturated carbocycles. The smallest absolute Gasteiger partial charge is 0.272 e. The molecule has 1 aromatic carbocycles. The van der Waals surface area contributed by atoms with Crippen molar-refractivity contribution in [3.05, 3.63) is 32.8 Å². The summed E-state index contributed by atoms with van der Waals surface area (Å²) in [5, 5.41) is 15.2. The lowest BCUT2D eigenvalue weighted by atomic mass is 10.2. The second kappa shape index (κ2) is 4.94. The molecule has 6 heteroatoms. The molecular formula is C10H12ClN3O2. The summed E-state index contributed by atoms with van der Waals surface area (Å²) in [6.45, 7) is 5.29. The van der Waals surface area contributed by atoms with Crippen LogP contribution in [-0.4, -0.2) is 10.6 Å². The van der Waals surface area contributed by atoms with Crippen LogP contribution in [0.1, 0.15) is 19.4 Å². The Bertz CT molecular complexity index is 454. The van der Waals surface area contributed by atoms with E-state index in [4.69, 9.17) is 11.6 Å². The topological polar surface area (TPSA) is 67.5 Å². The minimum atomic E-state index is -0.466. The molecule has 0 spiro atoms. The van der Waals surface area contributed by atoms with E-state index in [1.165, 1.54) is 12.1 Å². The number of nitrogens with zero attached hydrogens (tertiary/aromatic N) is 2. The summed E-state index contributed by atoms with van der Waals surface area (Å²) in [5.41, 5.74) is 4.31. The molecule has 0 aliphatic carbocycles. The van der Waals surface area contributed by atoms with Crippen LogP contribution in [-0.2, 0) is 0 Å². The molecule has 0 radical (unpaired) electrons. The Morgan fingerprint density at radius 3 is 2.62 bits per heavy atom. The lowest BCUT2D eigenvalue weighted by molar-refractivity contribution is -0.384. The maximum atomic E-state index is 10.8. The molecule has 0 unspecified atom stereocenters. The first kappa shape index (κ1) is 12.4. The molecule has 86 valence electrons.